The summed E-state index contributed by atoms with van der Waals surface area (Å²) in [4.78, 5) is 25.3. The molecule has 7 heteroatoms. The van der Waals surface area contributed by atoms with E-state index >= 15 is 0 Å². The minimum Gasteiger partial charge on any atom is -0.343 e. The summed E-state index contributed by atoms with van der Waals surface area (Å²) in [6.07, 6.45) is 6.97. The summed E-state index contributed by atoms with van der Waals surface area (Å²) in [7, 11) is 0. The van der Waals surface area contributed by atoms with E-state index in [1.54, 1.807) is 36.8 Å². The van der Waals surface area contributed by atoms with E-state index in [2.05, 4.69) is 54.5 Å². The molecule has 7 nitrogen and oxygen atoms in total. The van der Waals surface area contributed by atoms with Gasteiger partial charge in [-0.2, -0.15) is 0 Å². The third kappa shape index (κ3) is 4.32. The molecule has 5 rings (SSSR count). The highest BCUT2D eigenvalue weighted by atomic mass is 16.1. The van der Waals surface area contributed by atoms with Crippen molar-refractivity contribution in [2.24, 2.45) is 0 Å². The van der Waals surface area contributed by atoms with Gasteiger partial charge in [-0.05, 0) is 53.4 Å². The van der Waals surface area contributed by atoms with Crippen LogP contribution >= 0.6 is 0 Å². The molecule has 0 bridgehead atoms. The zero-order chi connectivity index (χ0) is 21.8. The number of carbonyl (C=O) groups is 1. The number of aromatic nitrogens is 4. The highest BCUT2D eigenvalue weighted by Crippen LogP contribution is 2.19. The lowest BCUT2D eigenvalue weighted by Crippen LogP contribution is -2.15. The molecule has 0 fully saturated rings. The normalized spacial score (nSPS) is 10.8. The molecular formula is C25H20N6O. The van der Waals surface area contributed by atoms with E-state index in [9.17, 15) is 4.79 Å². The van der Waals surface area contributed by atoms with Crippen LogP contribution < -0.4 is 10.6 Å². The average molecular weight is 420 g/mol. The van der Waals surface area contributed by atoms with E-state index < -0.39 is 0 Å². The molecular weight excluding hydrogens is 400 g/mol. The smallest absolute Gasteiger partial charge is 0.274 e. The fourth-order valence-electron chi connectivity index (χ4n) is 3.53. The Bertz CT molecular complexity index is 1380. The van der Waals surface area contributed by atoms with Crippen molar-refractivity contribution >= 4 is 34.1 Å². The molecule has 0 saturated heterocycles. The van der Waals surface area contributed by atoms with E-state index in [0.29, 0.717) is 18.2 Å². The first kappa shape index (κ1) is 19.4. The number of hydrogen-bond acceptors (Lipinski definition) is 5. The van der Waals surface area contributed by atoms with Gasteiger partial charge in [-0.15, -0.1) is 0 Å². The monoisotopic (exact) mass is 420 g/mol. The molecule has 0 saturated carbocycles. The van der Waals surface area contributed by atoms with Crippen LogP contribution in [-0.4, -0.2) is 25.4 Å². The summed E-state index contributed by atoms with van der Waals surface area (Å²) in [6, 6.07) is 23.4. The number of carbonyl (C=O) groups excluding carboxylic acids is 1. The topological polar surface area (TPSA) is 84.7 Å². The molecule has 1 amide bonds. The lowest BCUT2D eigenvalue weighted by molar-refractivity contribution is 0.102. The van der Waals surface area contributed by atoms with Crippen molar-refractivity contribution in [2.45, 2.75) is 6.54 Å². The second-order valence-corrected chi connectivity index (χ2v) is 7.28. The Balaban J connectivity index is 1.30. The van der Waals surface area contributed by atoms with Crippen LogP contribution in [0.2, 0.25) is 0 Å². The first-order valence-electron chi connectivity index (χ1n) is 10.2. The molecule has 0 atom stereocenters. The van der Waals surface area contributed by atoms with Crippen molar-refractivity contribution in [3.8, 4) is 0 Å². The summed E-state index contributed by atoms with van der Waals surface area (Å²) in [5.74, 6) is 0.0471. The van der Waals surface area contributed by atoms with Gasteiger partial charge in [0.05, 0.1) is 0 Å². The molecule has 2 aromatic carbocycles. The first-order valence-corrected chi connectivity index (χ1v) is 10.2. The van der Waals surface area contributed by atoms with Crippen LogP contribution in [0.5, 0.6) is 0 Å². The maximum absolute atomic E-state index is 12.8. The van der Waals surface area contributed by atoms with Crippen LogP contribution in [0.3, 0.4) is 0 Å². The second-order valence-electron chi connectivity index (χ2n) is 7.28. The Kier molecular flexibility index (Phi) is 5.28. The number of para-hydroxylation sites is 1. The summed E-state index contributed by atoms with van der Waals surface area (Å²) >= 11 is 0. The Morgan fingerprint density at radius 1 is 0.875 bits per heavy atom. The number of rotatable bonds is 6. The zero-order valence-corrected chi connectivity index (χ0v) is 17.1. The number of fused-ring (bicyclic) bond motifs is 1. The van der Waals surface area contributed by atoms with Gasteiger partial charge in [-0.25, -0.2) is 9.97 Å². The quantitative estimate of drug-likeness (QED) is 0.409. The second kappa shape index (κ2) is 8.69. The zero-order valence-electron chi connectivity index (χ0n) is 17.1. The van der Waals surface area contributed by atoms with E-state index in [4.69, 9.17) is 0 Å². The van der Waals surface area contributed by atoms with Gasteiger partial charge in [0.1, 0.15) is 5.69 Å². The van der Waals surface area contributed by atoms with Gasteiger partial charge in [0.25, 0.3) is 5.91 Å². The van der Waals surface area contributed by atoms with Crippen LogP contribution in [-0.2, 0) is 6.54 Å². The summed E-state index contributed by atoms with van der Waals surface area (Å²) in [6.45, 7) is 0.713. The van der Waals surface area contributed by atoms with Crippen LogP contribution in [0.1, 0.15) is 16.1 Å². The molecule has 3 heterocycles. The van der Waals surface area contributed by atoms with E-state index in [0.717, 1.165) is 11.3 Å². The number of amides is 1. The van der Waals surface area contributed by atoms with Gasteiger partial charge < -0.3 is 15.2 Å². The molecule has 0 unspecified atom stereocenters. The number of nitrogens with zero attached hydrogens (tertiary/aromatic N) is 4. The number of benzene rings is 2. The Labute approximate surface area is 184 Å². The third-order valence-electron chi connectivity index (χ3n) is 5.04. The van der Waals surface area contributed by atoms with Crippen LogP contribution in [0.25, 0.3) is 10.9 Å². The van der Waals surface area contributed by atoms with E-state index in [1.807, 2.05) is 36.4 Å². The van der Waals surface area contributed by atoms with Gasteiger partial charge in [0.2, 0.25) is 5.95 Å². The van der Waals surface area contributed by atoms with E-state index in [1.165, 1.54) is 10.9 Å². The molecule has 156 valence electrons. The van der Waals surface area contributed by atoms with Crippen LogP contribution in [0.4, 0.5) is 17.3 Å². The fraction of sp³-hybridized carbons (Fsp3) is 0.0400. The molecule has 5 aromatic rings. The van der Waals surface area contributed by atoms with Crippen molar-refractivity contribution in [2.75, 3.05) is 10.6 Å². The predicted molar refractivity (Wildman–Crippen MR) is 125 cm³/mol. The Morgan fingerprint density at radius 2 is 1.75 bits per heavy atom. The number of pyridine rings is 1. The highest BCUT2D eigenvalue weighted by molar-refractivity contribution is 6.03. The van der Waals surface area contributed by atoms with Crippen LogP contribution in [0.15, 0.2) is 97.6 Å². The fourth-order valence-corrected chi connectivity index (χ4v) is 3.53. The predicted octanol–water partition coefficient (Wildman–Crippen LogP) is 4.87. The summed E-state index contributed by atoms with van der Waals surface area (Å²) in [5, 5.41) is 7.20. The standard InChI is InChI=1S/C25H20N6O/c32-24(22-10-14-27-25(30-22)29-20-8-12-26-13-9-20)28-21-6-3-4-18(16-21)17-31-15-11-19-5-1-2-7-23(19)31/h1-16H,17H2,(H,28,32)(H,26,27,29,30). The third-order valence-corrected chi connectivity index (χ3v) is 5.04. The van der Waals surface area contributed by atoms with Crippen molar-refractivity contribution < 1.29 is 4.79 Å². The largest absolute Gasteiger partial charge is 0.343 e. The number of anilines is 3. The number of nitrogens with one attached hydrogen (secondary N) is 2. The summed E-state index contributed by atoms with van der Waals surface area (Å²) < 4.78 is 2.19. The SMILES string of the molecule is O=C(Nc1cccc(Cn2ccc3ccccc32)c1)c1ccnc(Nc2ccncc2)n1. The lowest BCUT2D eigenvalue weighted by atomic mass is 10.2. The Morgan fingerprint density at radius 3 is 2.66 bits per heavy atom. The molecule has 0 aliphatic heterocycles. The first-order chi connectivity index (χ1) is 15.7. The van der Waals surface area contributed by atoms with Crippen molar-refractivity contribution in [1.29, 1.82) is 0 Å². The maximum Gasteiger partial charge on any atom is 0.274 e. The molecule has 0 aliphatic carbocycles. The van der Waals surface area contributed by atoms with Crippen molar-refractivity contribution in [3.63, 3.8) is 0 Å². The maximum atomic E-state index is 12.8. The van der Waals surface area contributed by atoms with Gasteiger partial charge in [-0.3, -0.25) is 9.78 Å². The van der Waals surface area contributed by atoms with Crippen LogP contribution in [0, 0.1) is 0 Å². The van der Waals surface area contributed by atoms with Gasteiger partial charge in [0, 0.05) is 48.2 Å². The molecule has 0 aliphatic rings. The lowest BCUT2D eigenvalue weighted by Gasteiger charge is -2.10. The molecule has 0 spiro atoms. The Hall–Kier alpha value is -4.52. The van der Waals surface area contributed by atoms with E-state index in [-0.39, 0.29) is 11.6 Å². The van der Waals surface area contributed by atoms with Gasteiger partial charge in [0.15, 0.2) is 0 Å². The average Bonchev–Trinajstić information content (AvgIpc) is 3.23. The molecule has 0 radical (unpaired) electrons. The molecule has 3 aromatic heterocycles. The molecule has 2 N–H and O–H groups in total. The minimum absolute atomic E-state index is 0.276. The number of hydrogen-bond donors (Lipinski definition) is 2. The van der Waals surface area contributed by atoms with Gasteiger partial charge >= 0.3 is 0 Å². The minimum atomic E-state index is -0.297. The van der Waals surface area contributed by atoms with Gasteiger partial charge in [-0.1, -0.05) is 30.3 Å². The summed E-state index contributed by atoms with van der Waals surface area (Å²) in [5.41, 5.74) is 4.05. The molecule has 32 heavy (non-hydrogen) atoms. The van der Waals surface area contributed by atoms with Crippen molar-refractivity contribution in [3.05, 3.63) is 109 Å². The highest BCUT2D eigenvalue weighted by Gasteiger charge is 2.10. The van der Waals surface area contributed by atoms with Crippen molar-refractivity contribution in [1.82, 2.24) is 19.5 Å².